The van der Waals surface area contributed by atoms with E-state index in [1.165, 1.54) is 11.1 Å². The number of urea groups is 1. The predicted octanol–water partition coefficient (Wildman–Crippen LogP) is 6.25. The lowest BCUT2D eigenvalue weighted by Crippen LogP contribution is -2.57. The Balaban J connectivity index is 1.60. The molecule has 2 aromatic rings. The fourth-order valence-corrected chi connectivity index (χ4v) is 7.19. The van der Waals surface area contributed by atoms with E-state index in [0.29, 0.717) is 19.4 Å². The molecule has 0 aromatic heterocycles. The van der Waals surface area contributed by atoms with Crippen LogP contribution in [0.15, 0.2) is 52.4 Å². The van der Waals surface area contributed by atoms with Crippen molar-refractivity contribution in [3.05, 3.63) is 42.5 Å². The highest BCUT2D eigenvalue weighted by Gasteiger charge is 2.34. The zero-order chi connectivity index (χ0) is 36.0. The summed E-state index contributed by atoms with van der Waals surface area (Å²) in [6, 6.07) is 11.9. The van der Waals surface area contributed by atoms with Gasteiger partial charge >= 0.3 is 18.2 Å². The van der Waals surface area contributed by atoms with Crippen LogP contribution in [0.2, 0.25) is 0 Å². The number of sulfonamides is 1. The summed E-state index contributed by atoms with van der Waals surface area (Å²) in [6.07, 6.45) is 4.46. The third-order valence-corrected chi connectivity index (χ3v) is 9.71. The summed E-state index contributed by atoms with van der Waals surface area (Å²) in [5.41, 5.74) is -1.60. The normalized spacial score (nSPS) is 18.1. The molecule has 2 aromatic carbocycles. The number of alkyl carbamates (subject to hydrolysis) is 1. The van der Waals surface area contributed by atoms with Crippen LogP contribution in [0.3, 0.4) is 0 Å². The van der Waals surface area contributed by atoms with Gasteiger partial charge in [-0.2, -0.15) is 0 Å². The number of fused-ring (bicyclic) bond motifs is 1. The summed E-state index contributed by atoms with van der Waals surface area (Å²) >= 11 is 0. The van der Waals surface area contributed by atoms with Crippen LogP contribution in [-0.4, -0.2) is 91.3 Å². The van der Waals surface area contributed by atoms with E-state index in [-0.39, 0.29) is 35.9 Å². The van der Waals surface area contributed by atoms with E-state index in [9.17, 15) is 22.8 Å². The molecule has 1 saturated carbocycles. The number of hydrogen-bond donors (Lipinski definition) is 2. The van der Waals surface area contributed by atoms with E-state index in [1.807, 2.05) is 24.3 Å². The second-order valence-electron chi connectivity index (χ2n) is 14.9. The molecule has 1 atom stereocenters. The van der Waals surface area contributed by atoms with Crippen molar-refractivity contribution in [3.8, 4) is 0 Å². The quantitative estimate of drug-likeness (QED) is 0.204. The Morgan fingerprint density at radius 1 is 0.898 bits per heavy atom. The molecule has 13 nitrogen and oxygen atoms in total. The van der Waals surface area contributed by atoms with Crippen molar-refractivity contribution in [3.63, 3.8) is 0 Å². The molecule has 4 amide bonds. The Labute approximate surface area is 290 Å². The van der Waals surface area contributed by atoms with Gasteiger partial charge in [0.25, 0.3) is 10.0 Å². The van der Waals surface area contributed by atoms with Gasteiger partial charge in [0.2, 0.25) is 5.96 Å². The zero-order valence-corrected chi connectivity index (χ0v) is 30.6. The number of ether oxygens (including phenoxy) is 2. The summed E-state index contributed by atoms with van der Waals surface area (Å²) in [5, 5.41) is 5.46. The largest absolute Gasteiger partial charge is 0.444 e. The van der Waals surface area contributed by atoms with Gasteiger partial charge in [-0.05, 0) is 96.0 Å². The highest BCUT2D eigenvalue weighted by atomic mass is 32.2. The molecule has 0 spiro atoms. The van der Waals surface area contributed by atoms with Gasteiger partial charge in [0.1, 0.15) is 11.2 Å². The molecule has 1 aliphatic heterocycles. The maximum absolute atomic E-state index is 14.1. The summed E-state index contributed by atoms with van der Waals surface area (Å²) in [6.45, 7) is 11.1. The Morgan fingerprint density at radius 2 is 1.55 bits per heavy atom. The molecule has 49 heavy (non-hydrogen) atoms. The molecule has 2 fully saturated rings. The van der Waals surface area contributed by atoms with Crippen LogP contribution >= 0.6 is 0 Å². The van der Waals surface area contributed by atoms with Crippen molar-refractivity contribution < 1.29 is 32.3 Å². The lowest BCUT2D eigenvalue weighted by Gasteiger charge is -2.39. The summed E-state index contributed by atoms with van der Waals surface area (Å²) in [7, 11) is -2.43. The molecule has 0 radical (unpaired) electrons. The van der Waals surface area contributed by atoms with E-state index in [4.69, 9.17) is 9.47 Å². The lowest BCUT2D eigenvalue weighted by molar-refractivity contribution is 0.0550. The number of benzene rings is 2. The molecule has 2 aliphatic rings. The smallest absolute Gasteiger partial charge is 0.437 e. The van der Waals surface area contributed by atoms with Crippen molar-refractivity contribution >= 4 is 45.0 Å². The van der Waals surface area contributed by atoms with Gasteiger partial charge in [0.15, 0.2) is 0 Å². The molecule has 270 valence electrons. The Morgan fingerprint density at radius 3 is 2.20 bits per heavy atom. The van der Waals surface area contributed by atoms with Crippen LogP contribution in [0.1, 0.15) is 86.5 Å². The summed E-state index contributed by atoms with van der Waals surface area (Å²) in [5.74, 6) is -0.289. The van der Waals surface area contributed by atoms with Gasteiger partial charge in [0.05, 0.1) is 4.90 Å². The van der Waals surface area contributed by atoms with E-state index >= 15 is 0 Å². The molecular weight excluding hydrogens is 648 g/mol. The molecule has 14 heteroatoms. The molecule has 1 unspecified atom stereocenters. The van der Waals surface area contributed by atoms with Gasteiger partial charge in [-0.15, -0.1) is 9.82 Å². The Bertz CT molecular complexity index is 1630. The highest BCUT2D eigenvalue weighted by Crippen LogP contribution is 2.25. The topological polar surface area (TPSA) is 150 Å². The fraction of sp³-hybridized carbons (Fsp3) is 0.600. The Hall–Kier alpha value is -3.91. The van der Waals surface area contributed by atoms with E-state index < -0.39 is 39.4 Å². The SMILES string of the molecule is CN(C(=O)N(CC1CCCN(/C(=N\C(=O)OC(C)(C)C)NC(=O)OC(C)(C)C)C1)NS(=O)(=O)c1ccc2ccccc2c1)C1CCCCC1. The first-order chi connectivity index (χ1) is 22.9. The fourth-order valence-electron chi connectivity index (χ4n) is 6.11. The van der Waals surface area contributed by atoms with E-state index in [1.54, 1.807) is 70.5 Å². The standard InChI is InChI=1S/C35H52N6O7S/c1-34(2,3)47-31(42)36-30(37-32(43)48-35(4,5)6)40-21-13-14-25(23-40)24-41(33(44)39(7)28-17-9-8-10-18-28)38-49(45,46)29-20-19-26-15-11-12-16-27(26)22-29/h11-12,15-16,19-20,22,25,28,38H,8-10,13-14,17-18,21,23-24H2,1-7H3,(H,36,37,42,43). The molecular formula is C35H52N6O7S. The van der Waals surface area contributed by atoms with Gasteiger partial charge in [0, 0.05) is 32.7 Å². The van der Waals surface area contributed by atoms with Crippen LogP contribution in [0, 0.1) is 5.92 Å². The third kappa shape index (κ3) is 11.3. The lowest BCUT2D eigenvalue weighted by atomic mass is 9.94. The number of carbonyl (C=O) groups excluding carboxylic acids is 3. The average Bonchev–Trinajstić information content (AvgIpc) is 3.02. The van der Waals surface area contributed by atoms with Crippen molar-refractivity contribution in [2.45, 2.75) is 109 Å². The monoisotopic (exact) mass is 700 g/mol. The van der Waals surface area contributed by atoms with Crippen molar-refractivity contribution in [2.75, 3.05) is 26.7 Å². The first-order valence-corrected chi connectivity index (χ1v) is 18.5. The number of nitrogens with zero attached hydrogens (tertiary/aromatic N) is 4. The average molecular weight is 701 g/mol. The van der Waals surface area contributed by atoms with Gasteiger partial charge in [-0.3, -0.25) is 5.32 Å². The number of guanidine groups is 1. The van der Waals surface area contributed by atoms with Crippen LogP contribution in [-0.2, 0) is 19.5 Å². The van der Waals surface area contributed by atoms with Crippen LogP contribution in [0.5, 0.6) is 0 Å². The number of hydrazine groups is 1. The summed E-state index contributed by atoms with van der Waals surface area (Å²) < 4.78 is 38.4. The number of rotatable bonds is 6. The minimum absolute atomic E-state index is 0.00220. The van der Waals surface area contributed by atoms with Crippen molar-refractivity contribution in [1.29, 1.82) is 0 Å². The van der Waals surface area contributed by atoms with Gasteiger partial charge < -0.3 is 19.3 Å². The van der Waals surface area contributed by atoms with E-state index in [2.05, 4.69) is 15.1 Å². The van der Waals surface area contributed by atoms with Crippen LogP contribution in [0.25, 0.3) is 10.8 Å². The molecule has 4 rings (SSSR count). The van der Waals surface area contributed by atoms with Crippen molar-refractivity contribution in [1.82, 2.24) is 25.0 Å². The molecule has 2 N–H and O–H groups in total. The number of likely N-dealkylation sites (tertiary alicyclic amines) is 1. The highest BCUT2D eigenvalue weighted by molar-refractivity contribution is 7.89. The maximum Gasteiger partial charge on any atom is 0.437 e. The minimum atomic E-state index is -4.15. The second-order valence-corrected chi connectivity index (χ2v) is 16.6. The number of nitrogens with one attached hydrogen (secondary N) is 2. The third-order valence-electron chi connectivity index (χ3n) is 8.38. The molecule has 1 aliphatic carbocycles. The predicted molar refractivity (Wildman–Crippen MR) is 188 cm³/mol. The minimum Gasteiger partial charge on any atom is -0.444 e. The molecule has 1 heterocycles. The molecule has 1 saturated heterocycles. The van der Waals surface area contributed by atoms with Crippen LogP contribution < -0.4 is 10.1 Å². The molecule has 0 bridgehead atoms. The van der Waals surface area contributed by atoms with Gasteiger partial charge in [-0.25, -0.2) is 27.8 Å². The summed E-state index contributed by atoms with van der Waals surface area (Å²) in [4.78, 5) is 49.7. The number of piperidine rings is 1. The Kier molecular flexibility index (Phi) is 12.2. The van der Waals surface area contributed by atoms with Crippen LogP contribution in [0.4, 0.5) is 14.4 Å². The van der Waals surface area contributed by atoms with E-state index in [0.717, 1.165) is 42.9 Å². The number of amides is 4. The van der Waals surface area contributed by atoms with Crippen molar-refractivity contribution in [2.24, 2.45) is 10.9 Å². The number of hydrogen-bond acceptors (Lipinski definition) is 7. The number of carbonyl (C=O) groups is 3. The maximum atomic E-state index is 14.1. The first kappa shape index (κ1) is 37.9. The second kappa shape index (κ2) is 15.8. The first-order valence-electron chi connectivity index (χ1n) is 17.0. The van der Waals surface area contributed by atoms with Gasteiger partial charge in [-0.1, -0.05) is 49.6 Å². The number of aliphatic imine (C=N–C) groups is 1. The zero-order valence-electron chi connectivity index (χ0n) is 29.8.